The van der Waals surface area contributed by atoms with Crippen molar-refractivity contribution in [3.63, 3.8) is 0 Å². The van der Waals surface area contributed by atoms with Gasteiger partial charge in [0.25, 0.3) is 11.8 Å². The Kier molecular flexibility index (Phi) is 7.93. The van der Waals surface area contributed by atoms with Gasteiger partial charge in [-0.15, -0.1) is 0 Å². The van der Waals surface area contributed by atoms with Gasteiger partial charge in [-0.25, -0.2) is 8.78 Å². The molecule has 2 amide bonds. The number of nitrogens with one attached hydrogen (secondary N) is 1. The molecule has 202 valence electrons. The number of nitrogens with zero attached hydrogens (tertiary/aromatic N) is 3. The van der Waals surface area contributed by atoms with E-state index in [0.717, 1.165) is 37.7 Å². The number of allylic oxidation sites excluding steroid dienone is 1. The maximum Gasteiger partial charge on any atom is 0.275 e. The second kappa shape index (κ2) is 11.5. The Morgan fingerprint density at radius 1 is 1.00 bits per heavy atom. The minimum Gasteiger partial charge on any atom is -0.371 e. The number of halogens is 3. The van der Waals surface area contributed by atoms with Crippen molar-refractivity contribution in [2.24, 2.45) is 0 Å². The number of anilines is 2. The van der Waals surface area contributed by atoms with E-state index < -0.39 is 29.7 Å². The first kappa shape index (κ1) is 26.8. The van der Waals surface area contributed by atoms with Crippen LogP contribution in [0, 0.1) is 0 Å². The van der Waals surface area contributed by atoms with Gasteiger partial charge < -0.3 is 15.1 Å². The zero-order valence-electron chi connectivity index (χ0n) is 21.4. The average molecular weight is 551 g/mol. The van der Waals surface area contributed by atoms with Crippen LogP contribution in [0.1, 0.15) is 47.3 Å². The highest BCUT2D eigenvalue weighted by molar-refractivity contribution is 6.35. The molecule has 3 heterocycles. The van der Waals surface area contributed by atoms with Crippen LogP contribution >= 0.6 is 11.6 Å². The van der Waals surface area contributed by atoms with Crippen LogP contribution in [0.25, 0.3) is 5.57 Å². The number of carbonyl (C=O) groups excluding carboxylic acids is 2. The fourth-order valence-electron chi connectivity index (χ4n) is 5.07. The van der Waals surface area contributed by atoms with Crippen molar-refractivity contribution < 1.29 is 18.4 Å². The minimum atomic E-state index is -3.34. The molecule has 0 atom stereocenters. The quantitative estimate of drug-likeness (QED) is 0.389. The Morgan fingerprint density at radius 3 is 2.51 bits per heavy atom. The Balaban J connectivity index is 1.43. The highest BCUT2D eigenvalue weighted by Gasteiger charge is 2.41. The number of amides is 2. The molecule has 2 aliphatic heterocycles. The van der Waals surface area contributed by atoms with E-state index in [1.807, 2.05) is 6.07 Å². The first-order valence-electron chi connectivity index (χ1n) is 13.1. The van der Waals surface area contributed by atoms with Crippen LogP contribution in [0.15, 0.2) is 72.9 Å². The largest absolute Gasteiger partial charge is 0.371 e. The van der Waals surface area contributed by atoms with E-state index in [1.165, 1.54) is 17.4 Å². The van der Waals surface area contributed by atoms with Crippen LogP contribution in [0.5, 0.6) is 0 Å². The zero-order valence-corrected chi connectivity index (χ0v) is 22.1. The molecule has 1 fully saturated rings. The average Bonchev–Trinajstić information content (AvgIpc) is 3.06. The fraction of sp³-hybridized carbons (Fsp3) is 0.300. The standard InChI is InChI=1S/C30H29ClF2N4O2/c31-26-18-22(36-15-6-1-7-16-36)11-12-24(26)29(39)37-17-13-30(32,33)25(23-9-2-3-10-27(23)37)19-28(38)35-20-21-8-4-5-14-34-21/h2-5,8-12,14,18-19H,1,6-7,13,15-17,20H2,(H,35,38)/b25-19-. The zero-order chi connectivity index (χ0) is 27.4. The number of carbonyl (C=O) groups is 2. The van der Waals surface area contributed by atoms with E-state index in [1.54, 1.807) is 54.7 Å². The van der Waals surface area contributed by atoms with Gasteiger partial charge in [0, 0.05) is 55.2 Å². The van der Waals surface area contributed by atoms with Crippen molar-refractivity contribution in [1.29, 1.82) is 0 Å². The fourth-order valence-corrected chi connectivity index (χ4v) is 5.33. The summed E-state index contributed by atoms with van der Waals surface area (Å²) in [6.07, 6.45) is 5.28. The molecule has 0 spiro atoms. The molecule has 1 aromatic heterocycles. The van der Waals surface area contributed by atoms with Crippen LogP contribution in [0.3, 0.4) is 0 Å². The summed E-state index contributed by atoms with van der Waals surface area (Å²) in [4.78, 5) is 34.1. The van der Waals surface area contributed by atoms with E-state index in [2.05, 4.69) is 15.2 Å². The molecule has 0 saturated carbocycles. The lowest BCUT2D eigenvalue weighted by Gasteiger charge is -2.29. The third kappa shape index (κ3) is 5.96. The maximum atomic E-state index is 15.5. The molecule has 9 heteroatoms. The highest BCUT2D eigenvalue weighted by atomic mass is 35.5. The van der Waals surface area contributed by atoms with Gasteiger partial charge in [0.05, 0.1) is 28.5 Å². The topological polar surface area (TPSA) is 65.5 Å². The van der Waals surface area contributed by atoms with Crippen molar-refractivity contribution in [1.82, 2.24) is 10.3 Å². The SMILES string of the molecule is O=C(/C=C1/c2ccccc2N(C(=O)c2ccc(N3CCCCC3)cc2Cl)CCC1(F)F)NCc1ccccn1. The number of piperidine rings is 1. The van der Waals surface area contributed by atoms with Crippen molar-refractivity contribution in [3.8, 4) is 0 Å². The molecule has 2 aromatic carbocycles. The number of hydrogen-bond acceptors (Lipinski definition) is 4. The molecular weight excluding hydrogens is 522 g/mol. The maximum absolute atomic E-state index is 15.5. The second-order valence-electron chi connectivity index (χ2n) is 9.74. The summed E-state index contributed by atoms with van der Waals surface area (Å²) < 4.78 is 31.0. The van der Waals surface area contributed by atoms with E-state index in [9.17, 15) is 9.59 Å². The smallest absolute Gasteiger partial charge is 0.275 e. The van der Waals surface area contributed by atoms with Crippen LogP contribution in [0.2, 0.25) is 5.02 Å². The Bertz CT molecular complexity index is 1390. The molecule has 1 N–H and O–H groups in total. The van der Waals surface area contributed by atoms with Crippen LogP contribution in [-0.2, 0) is 11.3 Å². The van der Waals surface area contributed by atoms with Crippen LogP contribution in [0.4, 0.5) is 20.2 Å². The molecule has 3 aromatic rings. The van der Waals surface area contributed by atoms with Crippen molar-refractivity contribution in [3.05, 3.63) is 94.8 Å². The van der Waals surface area contributed by atoms with Gasteiger partial charge in [-0.3, -0.25) is 14.6 Å². The number of hydrogen-bond donors (Lipinski definition) is 1. The minimum absolute atomic E-state index is 0.104. The summed E-state index contributed by atoms with van der Waals surface area (Å²) in [5.41, 5.74) is 1.80. The first-order chi connectivity index (χ1) is 18.8. The summed E-state index contributed by atoms with van der Waals surface area (Å²) in [6, 6.07) is 17.0. The van der Waals surface area contributed by atoms with E-state index in [0.29, 0.717) is 11.4 Å². The molecule has 39 heavy (non-hydrogen) atoms. The Labute approximate surface area is 231 Å². The summed E-state index contributed by atoms with van der Waals surface area (Å²) >= 11 is 6.58. The predicted octanol–water partition coefficient (Wildman–Crippen LogP) is 6.11. The summed E-state index contributed by atoms with van der Waals surface area (Å²) in [6.45, 7) is 1.73. The van der Waals surface area contributed by atoms with Crippen molar-refractivity contribution in [2.45, 2.75) is 38.2 Å². The van der Waals surface area contributed by atoms with Crippen LogP contribution < -0.4 is 15.1 Å². The Hall–Kier alpha value is -3.78. The molecular formula is C30H29ClF2N4O2. The second-order valence-corrected chi connectivity index (χ2v) is 10.1. The highest BCUT2D eigenvalue weighted by Crippen LogP contribution is 2.43. The van der Waals surface area contributed by atoms with E-state index in [-0.39, 0.29) is 29.2 Å². The lowest BCUT2D eigenvalue weighted by molar-refractivity contribution is -0.116. The molecule has 0 aliphatic carbocycles. The summed E-state index contributed by atoms with van der Waals surface area (Å²) in [7, 11) is 0. The lowest BCUT2D eigenvalue weighted by atomic mass is 9.97. The number of benzene rings is 2. The van der Waals surface area contributed by atoms with E-state index in [4.69, 9.17) is 11.6 Å². The van der Waals surface area contributed by atoms with Gasteiger partial charge in [-0.2, -0.15) is 0 Å². The molecule has 5 rings (SSSR count). The predicted molar refractivity (Wildman–Crippen MR) is 149 cm³/mol. The lowest BCUT2D eigenvalue weighted by Crippen LogP contribution is -2.33. The van der Waals surface area contributed by atoms with Crippen molar-refractivity contribution in [2.75, 3.05) is 29.4 Å². The number of fused-ring (bicyclic) bond motifs is 1. The van der Waals surface area contributed by atoms with Gasteiger partial charge in [-0.1, -0.05) is 35.9 Å². The summed E-state index contributed by atoms with van der Waals surface area (Å²) in [5, 5.41) is 2.90. The summed E-state index contributed by atoms with van der Waals surface area (Å²) in [5.74, 6) is -4.47. The third-order valence-electron chi connectivity index (χ3n) is 7.12. The number of alkyl halides is 2. The van der Waals surface area contributed by atoms with Gasteiger partial charge in [-0.05, 0) is 55.7 Å². The number of aromatic nitrogens is 1. The molecule has 6 nitrogen and oxygen atoms in total. The molecule has 0 radical (unpaired) electrons. The van der Waals surface area contributed by atoms with Crippen LogP contribution in [-0.4, -0.2) is 42.4 Å². The molecule has 2 aliphatic rings. The number of para-hydroxylation sites is 1. The molecule has 1 saturated heterocycles. The number of pyridine rings is 1. The number of rotatable bonds is 5. The molecule has 0 unspecified atom stereocenters. The Morgan fingerprint density at radius 2 is 1.77 bits per heavy atom. The normalized spacial score (nSPS) is 17.9. The van der Waals surface area contributed by atoms with Gasteiger partial charge in [0.2, 0.25) is 5.91 Å². The van der Waals surface area contributed by atoms with Crippen molar-refractivity contribution >= 4 is 40.4 Å². The van der Waals surface area contributed by atoms with Gasteiger partial charge in [0.15, 0.2) is 0 Å². The van der Waals surface area contributed by atoms with Gasteiger partial charge in [0.1, 0.15) is 0 Å². The monoisotopic (exact) mass is 550 g/mol. The van der Waals surface area contributed by atoms with E-state index >= 15 is 8.78 Å². The van der Waals surface area contributed by atoms with Gasteiger partial charge >= 0.3 is 0 Å². The molecule has 0 bridgehead atoms. The third-order valence-corrected chi connectivity index (χ3v) is 7.44. The first-order valence-corrected chi connectivity index (χ1v) is 13.4.